The van der Waals surface area contributed by atoms with Gasteiger partial charge in [-0.15, -0.1) is 0 Å². The van der Waals surface area contributed by atoms with E-state index in [0.29, 0.717) is 5.56 Å². The van der Waals surface area contributed by atoms with Gasteiger partial charge in [-0.05, 0) is 24.3 Å². The first-order valence-electron chi connectivity index (χ1n) is 8.59. The zero-order valence-electron chi connectivity index (χ0n) is 15.8. The van der Waals surface area contributed by atoms with Crippen LogP contribution in [0.5, 0.6) is 0 Å². The summed E-state index contributed by atoms with van der Waals surface area (Å²) >= 11 is 0. The second-order valence-corrected chi connectivity index (χ2v) is 7.76. The van der Waals surface area contributed by atoms with Gasteiger partial charge >= 0.3 is 13.5 Å². The Balaban J connectivity index is 1.61. The smallest absolute Gasteiger partial charge is 0.344 e. The number of rotatable bonds is 8. The number of hydrogen-bond donors (Lipinski definition) is 1. The molecule has 3 rings (SSSR count). The summed E-state index contributed by atoms with van der Waals surface area (Å²) in [5.74, 6) is -0.242. The number of hydrogen-bond acceptors (Lipinski definition) is 8. The zero-order valence-corrected chi connectivity index (χ0v) is 16.7. The average molecular weight is 421 g/mol. The average Bonchev–Trinajstić information content (AvgIpc) is 3.21. The molecule has 0 spiro atoms. The lowest BCUT2D eigenvalue weighted by atomic mass is 10.2. The van der Waals surface area contributed by atoms with E-state index in [0.717, 1.165) is 0 Å². The molecule has 1 aromatic heterocycles. The summed E-state index contributed by atoms with van der Waals surface area (Å²) in [7, 11) is -1.20. The largest absolute Gasteiger partial charge is 0.474 e. The number of phosphoric ester groups is 1. The highest BCUT2D eigenvalue weighted by Crippen LogP contribution is 2.47. The van der Waals surface area contributed by atoms with Crippen LogP contribution in [0.3, 0.4) is 0 Å². The molecule has 0 fully saturated rings. The lowest BCUT2D eigenvalue weighted by Gasteiger charge is -2.18. The summed E-state index contributed by atoms with van der Waals surface area (Å²) in [6.07, 6.45) is 3.50. The molecule has 0 radical (unpaired) electrons. The highest BCUT2D eigenvalue weighted by Gasteiger charge is 2.28. The molecule has 1 aliphatic rings. The lowest BCUT2D eigenvalue weighted by Crippen LogP contribution is -2.29. The zero-order chi connectivity index (χ0) is 20.9. The fraction of sp³-hybridized carbons (Fsp3) is 0.278. The summed E-state index contributed by atoms with van der Waals surface area (Å²) in [4.78, 5) is 28.4. The summed E-state index contributed by atoms with van der Waals surface area (Å²) in [5.41, 5.74) is -0.153. The van der Waals surface area contributed by atoms with Gasteiger partial charge in [0, 0.05) is 26.0 Å². The molecule has 1 aliphatic heterocycles. The second kappa shape index (κ2) is 9.25. The van der Waals surface area contributed by atoms with Crippen molar-refractivity contribution in [2.45, 2.75) is 12.3 Å². The molecule has 2 atom stereocenters. The fourth-order valence-electron chi connectivity index (χ4n) is 2.54. The van der Waals surface area contributed by atoms with E-state index in [1.807, 2.05) is 0 Å². The molecule has 0 unspecified atom stereocenters. The molecule has 1 amide bonds. The fourth-order valence-corrected chi connectivity index (χ4v) is 3.23. The first-order valence-corrected chi connectivity index (χ1v) is 10.1. The molecule has 0 bridgehead atoms. The van der Waals surface area contributed by atoms with Crippen molar-refractivity contribution in [2.75, 3.05) is 26.1 Å². The number of phosphoric acid groups is 1. The van der Waals surface area contributed by atoms with Crippen molar-refractivity contribution < 1.29 is 27.7 Å². The quantitative estimate of drug-likeness (QED) is 0.510. The van der Waals surface area contributed by atoms with E-state index in [9.17, 15) is 14.2 Å². The minimum atomic E-state index is -3.62. The molecule has 154 valence electrons. The maximum Gasteiger partial charge on any atom is 0.474 e. The topological polar surface area (TPSA) is 118 Å². The number of amides is 1. The lowest BCUT2D eigenvalue weighted by molar-refractivity contribution is -0.0123. The van der Waals surface area contributed by atoms with E-state index in [4.69, 9.17) is 9.26 Å². The van der Waals surface area contributed by atoms with E-state index < -0.39 is 25.8 Å². The SMILES string of the molecule is COP(=O)(OC)OC[C@@H]1C=C[C@H](n2ccc(NC(=O)c3ccccc3)nc2=O)O1. The number of aromatic nitrogens is 2. The van der Waals surface area contributed by atoms with Gasteiger partial charge in [0.05, 0.1) is 6.61 Å². The Labute approximate surface area is 166 Å². The first-order chi connectivity index (χ1) is 13.9. The molecule has 0 saturated heterocycles. The summed E-state index contributed by atoms with van der Waals surface area (Å²) in [6.45, 7) is -0.0840. The molecule has 2 heterocycles. The predicted molar refractivity (Wildman–Crippen MR) is 104 cm³/mol. The molecule has 1 N–H and O–H groups in total. The van der Waals surface area contributed by atoms with Crippen LogP contribution in [-0.4, -0.2) is 42.4 Å². The van der Waals surface area contributed by atoms with Gasteiger partial charge < -0.3 is 10.1 Å². The van der Waals surface area contributed by atoms with Crippen LogP contribution in [0.1, 0.15) is 16.6 Å². The van der Waals surface area contributed by atoms with Gasteiger partial charge in [0.25, 0.3) is 5.91 Å². The van der Waals surface area contributed by atoms with Crippen LogP contribution in [-0.2, 0) is 22.9 Å². The number of carbonyl (C=O) groups is 1. The number of anilines is 1. The van der Waals surface area contributed by atoms with Gasteiger partial charge in [-0.2, -0.15) is 4.98 Å². The third-order valence-electron chi connectivity index (χ3n) is 4.03. The Morgan fingerprint density at radius 2 is 1.93 bits per heavy atom. The predicted octanol–water partition coefficient (Wildman–Crippen LogP) is 2.37. The van der Waals surface area contributed by atoms with E-state index in [-0.39, 0.29) is 18.3 Å². The molecule has 2 aromatic rings. The highest BCUT2D eigenvalue weighted by molar-refractivity contribution is 7.48. The molecule has 0 saturated carbocycles. The van der Waals surface area contributed by atoms with Crippen LogP contribution in [0.15, 0.2) is 59.5 Å². The maximum atomic E-state index is 12.3. The van der Waals surface area contributed by atoms with Crippen LogP contribution in [0.2, 0.25) is 0 Å². The Morgan fingerprint density at radius 3 is 2.59 bits per heavy atom. The van der Waals surface area contributed by atoms with Gasteiger partial charge in [0.15, 0.2) is 6.23 Å². The molecule has 11 heteroatoms. The van der Waals surface area contributed by atoms with Crippen molar-refractivity contribution in [2.24, 2.45) is 0 Å². The first kappa shape index (κ1) is 21.1. The van der Waals surface area contributed by atoms with Crippen LogP contribution in [0, 0.1) is 0 Å². The van der Waals surface area contributed by atoms with Gasteiger partial charge in [-0.1, -0.05) is 24.3 Å². The Morgan fingerprint density at radius 1 is 1.21 bits per heavy atom. The van der Waals surface area contributed by atoms with Crippen molar-refractivity contribution in [1.29, 1.82) is 0 Å². The van der Waals surface area contributed by atoms with Gasteiger partial charge in [0.2, 0.25) is 0 Å². The molecule has 10 nitrogen and oxygen atoms in total. The molecule has 29 heavy (non-hydrogen) atoms. The van der Waals surface area contributed by atoms with E-state index >= 15 is 0 Å². The van der Waals surface area contributed by atoms with Crippen LogP contribution < -0.4 is 11.0 Å². The molecular weight excluding hydrogens is 401 g/mol. The van der Waals surface area contributed by atoms with E-state index in [2.05, 4.69) is 19.3 Å². The number of carbonyl (C=O) groups excluding carboxylic acids is 1. The molecule has 0 aliphatic carbocycles. The van der Waals surface area contributed by atoms with E-state index in [1.165, 1.54) is 31.0 Å². The van der Waals surface area contributed by atoms with Crippen molar-refractivity contribution in [3.63, 3.8) is 0 Å². The summed E-state index contributed by atoms with van der Waals surface area (Å²) in [5, 5.41) is 2.57. The normalized spacial score (nSPS) is 18.7. The third kappa shape index (κ3) is 5.26. The monoisotopic (exact) mass is 421 g/mol. The van der Waals surface area contributed by atoms with Crippen molar-refractivity contribution in [1.82, 2.24) is 9.55 Å². The van der Waals surface area contributed by atoms with Crippen molar-refractivity contribution in [3.8, 4) is 0 Å². The van der Waals surface area contributed by atoms with Gasteiger partial charge in [-0.25, -0.2) is 9.36 Å². The van der Waals surface area contributed by atoms with Gasteiger partial charge in [-0.3, -0.25) is 22.9 Å². The Bertz CT molecular complexity index is 984. The molecule has 1 aromatic carbocycles. The highest BCUT2D eigenvalue weighted by atomic mass is 31.2. The number of nitrogens with one attached hydrogen (secondary N) is 1. The Hall–Kier alpha value is -2.62. The van der Waals surface area contributed by atoms with E-state index in [1.54, 1.807) is 42.5 Å². The third-order valence-corrected chi connectivity index (χ3v) is 5.39. The van der Waals surface area contributed by atoms with Crippen LogP contribution >= 0.6 is 7.82 Å². The summed E-state index contributed by atoms with van der Waals surface area (Å²) in [6, 6.07) is 10.1. The van der Waals surface area contributed by atoms with Crippen LogP contribution in [0.25, 0.3) is 0 Å². The minimum Gasteiger partial charge on any atom is -0.344 e. The summed E-state index contributed by atoms with van der Waals surface area (Å²) < 4.78 is 33.3. The molecular formula is C18H20N3O7P. The van der Waals surface area contributed by atoms with Gasteiger partial charge in [0.1, 0.15) is 11.9 Å². The Kier molecular flexibility index (Phi) is 6.73. The standard InChI is InChI=1S/C18H20N3O7P/c1-25-29(24,26-2)27-12-14-8-9-16(28-14)21-11-10-15(20-18(21)23)19-17(22)13-6-4-3-5-7-13/h3-11,14,16H,12H2,1-2H3,(H,19,20,22,23)/t14-,16+/m0/s1. The number of nitrogens with zero attached hydrogens (tertiary/aromatic N) is 2. The van der Waals surface area contributed by atoms with Crippen LogP contribution in [0.4, 0.5) is 5.82 Å². The minimum absolute atomic E-state index is 0.0840. The second-order valence-electron chi connectivity index (χ2n) is 5.88. The van der Waals surface area contributed by atoms with Crippen molar-refractivity contribution in [3.05, 3.63) is 70.8 Å². The number of ether oxygens (including phenoxy) is 1. The van der Waals surface area contributed by atoms with Crippen molar-refractivity contribution >= 4 is 19.5 Å². The number of benzene rings is 1. The maximum absolute atomic E-state index is 12.3.